The normalized spacial score (nSPS) is 23.6. The maximum Gasteiger partial charge on any atom is 0.335 e. The number of carbonyl (C=O) groups excluding carboxylic acids is 6. The zero-order valence-corrected chi connectivity index (χ0v) is 18.6. The molecule has 0 aliphatic carbocycles. The molecule has 2 aliphatic rings. The molecular formula is C15H18N2O14S2. The van der Waals surface area contributed by atoms with Crippen molar-refractivity contribution in [1.82, 2.24) is 10.1 Å². The van der Waals surface area contributed by atoms with Crippen LogP contribution in [-0.2, 0) is 58.7 Å². The van der Waals surface area contributed by atoms with Gasteiger partial charge in [-0.25, -0.2) is 9.59 Å². The standard InChI is InChI=1S/C15H18N2O14S2/c1-6(14(22)30-16-10(18)4-8(12(16)20)32(24,25)26)3-7(2)15(23)31-17-11(19)5-9(13(17)21)33(27,28)29/h6-9H,3-5H2,1-2H3,(H,24,25,26)(H,27,28,29). The number of hydrogen-bond acceptors (Lipinski definition) is 12. The van der Waals surface area contributed by atoms with Crippen LogP contribution in [0.25, 0.3) is 0 Å². The lowest BCUT2D eigenvalue weighted by Gasteiger charge is -2.20. The van der Waals surface area contributed by atoms with Crippen LogP contribution in [0.1, 0.15) is 33.1 Å². The van der Waals surface area contributed by atoms with Crippen LogP contribution < -0.4 is 0 Å². The number of nitrogens with zero attached hydrogens (tertiary/aromatic N) is 2. The number of carbonyl (C=O) groups is 6. The second kappa shape index (κ2) is 9.12. The van der Waals surface area contributed by atoms with Crippen molar-refractivity contribution in [3.63, 3.8) is 0 Å². The topological polar surface area (TPSA) is 236 Å². The monoisotopic (exact) mass is 514 g/mol. The van der Waals surface area contributed by atoms with E-state index in [-0.39, 0.29) is 16.5 Å². The van der Waals surface area contributed by atoms with Gasteiger partial charge < -0.3 is 9.68 Å². The lowest BCUT2D eigenvalue weighted by atomic mass is 9.98. The Hall–Kier alpha value is -2.96. The molecule has 4 unspecified atom stereocenters. The lowest BCUT2D eigenvalue weighted by Crippen LogP contribution is -2.39. The van der Waals surface area contributed by atoms with Crippen LogP contribution in [0, 0.1) is 11.8 Å². The minimum Gasteiger partial charge on any atom is -0.330 e. The quantitative estimate of drug-likeness (QED) is 0.254. The van der Waals surface area contributed by atoms with Gasteiger partial charge in [0, 0.05) is 0 Å². The predicted molar refractivity (Wildman–Crippen MR) is 98.7 cm³/mol. The van der Waals surface area contributed by atoms with Crippen molar-refractivity contribution in [3.8, 4) is 0 Å². The average molecular weight is 514 g/mol. The van der Waals surface area contributed by atoms with E-state index in [1.807, 2.05) is 0 Å². The largest absolute Gasteiger partial charge is 0.335 e. The van der Waals surface area contributed by atoms with Crippen LogP contribution in [0.5, 0.6) is 0 Å². The van der Waals surface area contributed by atoms with E-state index in [0.29, 0.717) is 0 Å². The highest BCUT2D eigenvalue weighted by Gasteiger charge is 2.50. The van der Waals surface area contributed by atoms with Gasteiger partial charge in [0.2, 0.25) is 0 Å². The zero-order valence-electron chi connectivity index (χ0n) is 16.9. The maximum atomic E-state index is 12.2. The lowest BCUT2D eigenvalue weighted by molar-refractivity contribution is -0.203. The van der Waals surface area contributed by atoms with E-state index >= 15 is 0 Å². The summed E-state index contributed by atoms with van der Waals surface area (Å²) < 4.78 is 62.3. The molecule has 2 fully saturated rings. The number of imide groups is 2. The van der Waals surface area contributed by atoms with Crippen molar-refractivity contribution in [2.75, 3.05) is 0 Å². The Morgan fingerprint density at radius 1 is 0.818 bits per heavy atom. The second-order valence-corrected chi connectivity index (χ2v) is 10.5. The van der Waals surface area contributed by atoms with Gasteiger partial charge in [0.15, 0.2) is 10.5 Å². The molecular weight excluding hydrogens is 496 g/mol. The Kier molecular flexibility index (Phi) is 7.27. The minimum atomic E-state index is -4.92. The summed E-state index contributed by atoms with van der Waals surface area (Å²) in [6.07, 6.45) is -2.25. The van der Waals surface area contributed by atoms with E-state index in [1.165, 1.54) is 13.8 Å². The molecule has 18 heteroatoms. The van der Waals surface area contributed by atoms with Gasteiger partial charge in [-0.15, -0.1) is 10.1 Å². The fraction of sp³-hybridized carbons (Fsp3) is 0.600. The molecule has 2 aliphatic heterocycles. The molecule has 0 bridgehead atoms. The van der Waals surface area contributed by atoms with E-state index in [9.17, 15) is 45.6 Å². The third-order valence-corrected chi connectivity index (χ3v) is 6.89. The van der Waals surface area contributed by atoms with Crippen molar-refractivity contribution in [2.45, 2.75) is 43.6 Å². The summed E-state index contributed by atoms with van der Waals surface area (Å²) in [6, 6.07) is 0. The molecule has 2 saturated heterocycles. The molecule has 33 heavy (non-hydrogen) atoms. The Labute approximate surface area is 186 Å². The van der Waals surface area contributed by atoms with Gasteiger partial charge in [0.25, 0.3) is 43.9 Å². The van der Waals surface area contributed by atoms with Gasteiger partial charge in [-0.05, 0) is 6.42 Å². The molecule has 0 aromatic rings. The molecule has 2 heterocycles. The molecule has 2 rings (SSSR count). The van der Waals surface area contributed by atoms with Crippen LogP contribution in [0.4, 0.5) is 0 Å². The molecule has 0 saturated carbocycles. The number of amides is 4. The SMILES string of the molecule is CC(CC(C)C(=O)ON1C(=O)CC(S(=O)(=O)O)C1=O)C(=O)ON1C(=O)CC(S(=O)(=O)O)C1=O. The highest BCUT2D eigenvalue weighted by atomic mass is 32.2. The minimum absolute atomic E-state index is 0.114. The summed E-state index contributed by atoms with van der Waals surface area (Å²) in [5.74, 6) is -10.2. The summed E-state index contributed by atoms with van der Waals surface area (Å²) >= 11 is 0. The van der Waals surface area contributed by atoms with Crippen molar-refractivity contribution in [1.29, 1.82) is 0 Å². The zero-order chi connectivity index (χ0) is 25.5. The third-order valence-electron chi connectivity index (χ3n) is 4.72. The van der Waals surface area contributed by atoms with Crippen molar-refractivity contribution >= 4 is 55.8 Å². The Morgan fingerprint density at radius 3 is 1.36 bits per heavy atom. The van der Waals surface area contributed by atoms with Gasteiger partial charge in [0.1, 0.15) is 0 Å². The first-order valence-corrected chi connectivity index (χ1v) is 12.1. The molecule has 0 aromatic heterocycles. The first kappa shape index (κ1) is 26.3. The van der Waals surface area contributed by atoms with E-state index in [2.05, 4.69) is 9.68 Å². The Balaban J connectivity index is 1.96. The van der Waals surface area contributed by atoms with Gasteiger partial charge in [-0.1, -0.05) is 13.8 Å². The first-order valence-electron chi connectivity index (χ1n) is 9.05. The van der Waals surface area contributed by atoms with Crippen LogP contribution in [-0.4, -0.2) is 82.1 Å². The van der Waals surface area contributed by atoms with E-state index in [1.54, 1.807) is 0 Å². The van der Waals surface area contributed by atoms with E-state index < -0.39 is 91.0 Å². The molecule has 184 valence electrons. The van der Waals surface area contributed by atoms with Crippen LogP contribution in [0.15, 0.2) is 0 Å². The summed E-state index contributed by atoms with van der Waals surface area (Å²) in [4.78, 5) is 80.7. The van der Waals surface area contributed by atoms with Gasteiger partial charge >= 0.3 is 11.9 Å². The van der Waals surface area contributed by atoms with Gasteiger partial charge in [0.05, 0.1) is 24.7 Å². The molecule has 16 nitrogen and oxygen atoms in total. The summed E-state index contributed by atoms with van der Waals surface area (Å²) in [5.41, 5.74) is 0. The van der Waals surface area contributed by atoms with Crippen LogP contribution >= 0.6 is 0 Å². The van der Waals surface area contributed by atoms with Gasteiger partial charge in [-0.3, -0.25) is 28.3 Å². The average Bonchev–Trinajstić information content (AvgIpc) is 3.12. The smallest absolute Gasteiger partial charge is 0.330 e. The molecule has 0 radical (unpaired) electrons. The van der Waals surface area contributed by atoms with E-state index in [0.717, 1.165) is 0 Å². The predicted octanol–water partition coefficient (Wildman–Crippen LogP) is -2.40. The fourth-order valence-corrected chi connectivity index (χ4v) is 4.31. The van der Waals surface area contributed by atoms with Crippen molar-refractivity contribution < 1.29 is 64.4 Å². The Bertz CT molecular complexity index is 1040. The fourth-order valence-electron chi connectivity index (χ4n) is 2.90. The molecule has 4 atom stereocenters. The van der Waals surface area contributed by atoms with Crippen molar-refractivity contribution in [2.24, 2.45) is 11.8 Å². The number of rotatable bonds is 8. The van der Waals surface area contributed by atoms with Crippen LogP contribution in [0.2, 0.25) is 0 Å². The van der Waals surface area contributed by atoms with E-state index in [4.69, 9.17) is 9.11 Å². The summed E-state index contributed by atoms with van der Waals surface area (Å²) in [7, 11) is -9.83. The molecule has 0 aromatic carbocycles. The maximum absolute atomic E-state index is 12.2. The van der Waals surface area contributed by atoms with Crippen molar-refractivity contribution in [3.05, 3.63) is 0 Å². The summed E-state index contributed by atoms with van der Waals surface area (Å²) in [6.45, 7) is 2.41. The van der Waals surface area contributed by atoms with Gasteiger partial charge in [-0.2, -0.15) is 16.8 Å². The molecule has 2 N–H and O–H groups in total. The van der Waals surface area contributed by atoms with Crippen LogP contribution in [0.3, 0.4) is 0 Å². The Morgan fingerprint density at radius 2 is 1.12 bits per heavy atom. The highest BCUT2D eigenvalue weighted by Crippen LogP contribution is 2.24. The molecule has 4 amide bonds. The second-order valence-electron chi connectivity index (χ2n) is 7.33. The molecule has 0 spiro atoms. The number of hydrogen-bond donors (Lipinski definition) is 2. The number of hydroxylamine groups is 4. The highest BCUT2D eigenvalue weighted by molar-refractivity contribution is 7.87. The first-order chi connectivity index (χ1) is 14.9. The third kappa shape index (κ3) is 5.70. The summed E-state index contributed by atoms with van der Waals surface area (Å²) in [5, 5.41) is -4.47.